The molecule has 1 fully saturated rings. The predicted octanol–water partition coefficient (Wildman–Crippen LogP) is 2.82. The van der Waals surface area contributed by atoms with Gasteiger partial charge in [0.2, 0.25) is 0 Å². The van der Waals surface area contributed by atoms with Crippen LogP contribution in [0.5, 0.6) is 0 Å². The standard InChI is InChI=1S/C14H19FN2O/c15-13-7-11(6-12(8-13)14(16)17)9-18-5-4-10-2-1-3-10/h6-8,10H,1-5,9H2,(H3,16,17). The minimum atomic E-state index is -0.375. The van der Waals surface area contributed by atoms with Crippen molar-refractivity contribution >= 4 is 5.84 Å². The molecule has 0 heterocycles. The molecule has 0 atom stereocenters. The summed E-state index contributed by atoms with van der Waals surface area (Å²) in [4.78, 5) is 0. The molecule has 0 aromatic heterocycles. The first kappa shape index (κ1) is 13.0. The highest BCUT2D eigenvalue weighted by molar-refractivity contribution is 5.95. The van der Waals surface area contributed by atoms with Gasteiger partial charge in [0.15, 0.2) is 0 Å². The van der Waals surface area contributed by atoms with Crippen LogP contribution in [0.4, 0.5) is 4.39 Å². The number of benzene rings is 1. The molecule has 1 aliphatic rings. The largest absolute Gasteiger partial charge is 0.384 e. The van der Waals surface area contributed by atoms with Gasteiger partial charge >= 0.3 is 0 Å². The highest BCUT2D eigenvalue weighted by atomic mass is 19.1. The Hall–Kier alpha value is -1.42. The molecule has 0 bridgehead atoms. The van der Waals surface area contributed by atoms with Crippen LogP contribution in [0.1, 0.15) is 36.8 Å². The Morgan fingerprint density at radius 2 is 2.17 bits per heavy atom. The van der Waals surface area contributed by atoms with Gasteiger partial charge in [-0.05, 0) is 36.1 Å². The maximum absolute atomic E-state index is 13.3. The number of amidine groups is 1. The first-order valence-electron chi connectivity index (χ1n) is 6.37. The van der Waals surface area contributed by atoms with Crippen molar-refractivity contribution in [1.29, 1.82) is 5.41 Å². The average Bonchev–Trinajstić information content (AvgIpc) is 2.25. The third-order valence-corrected chi connectivity index (χ3v) is 3.43. The van der Waals surface area contributed by atoms with Crippen LogP contribution in [0.3, 0.4) is 0 Å². The molecule has 4 heteroatoms. The summed E-state index contributed by atoms with van der Waals surface area (Å²) in [5.74, 6) is 0.329. The lowest BCUT2D eigenvalue weighted by Gasteiger charge is -2.24. The van der Waals surface area contributed by atoms with Crippen LogP contribution in [-0.2, 0) is 11.3 Å². The van der Waals surface area contributed by atoms with Crippen molar-refractivity contribution in [3.63, 3.8) is 0 Å². The zero-order valence-electron chi connectivity index (χ0n) is 10.4. The molecular weight excluding hydrogens is 231 g/mol. The maximum atomic E-state index is 13.3. The smallest absolute Gasteiger partial charge is 0.124 e. The molecule has 98 valence electrons. The van der Waals surface area contributed by atoms with Gasteiger partial charge in [0, 0.05) is 12.2 Å². The number of ether oxygens (including phenoxy) is 1. The SMILES string of the molecule is N=C(N)c1cc(F)cc(COCCC2CCC2)c1. The molecule has 1 aromatic rings. The lowest BCUT2D eigenvalue weighted by molar-refractivity contribution is 0.0948. The summed E-state index contributed by atoms with van der Waals surface area (Å²) in [5, 5.41) is 7.30. The number of rotatable bonds is 6. The number of hydrogen-bond acceptors (Lipinski definition) is 2. The third kappa shape index (κ3) is 3.53. The number of nitrogens with two attached hydrogens (primary N) is 1. The lowest BCUT2D eigenvalue weighted by atomic mass is 9.83. The van der Waals surface area contributed by atoms with Gasteiger partial charge < -0.3 is 10.5 Å². The maximum Gasteiger partial charge on any atom is 0.124 e. The molecule has 0 aliphatic heterocycles. The molecule has 0 amide bonds. The van der Waals surface area contributed by atoms with Crippen LogP contribution in [0.25, 0.3) is 0 Å². The van der Waals surface area contributed by atoms with Crippen LogP contribution < -0.4 is 5.73 Å². The fourth-order valence-corrected chi connectivity index (χ4v) is 2.11. The highest BCUT2D eigenvalue weighted by Gasteiger charge is 2.16. The van der Waals surface area contributed by atoms with Gasteiger partial charge in [-0.3, -0.25) is 5.41 Å². The molecule has 1 aliphatic carbocycles. The van der Waals surface area contributed by atoms with Gasteiger partial charge in [-0.15, -0.1) is 0 Å². The minimum absolute atomic E-state index is 0.120. The topological polar surface area (TPSA) is 59.1 Å². The fourth-order valence-electron chi connectivity index (χ4n) is 2.11. The fraction of sp³-hybridized carbons (Fsp3) is 0.500. The second-order valence-corrected chi connectivity index (χ2v) is 4.90. The van der Waals surface area contributed by atoms with Gasteiger partial charge in [-0.1, -0.05) is 19.3 Å². The summed E-state index contributed by atoms with van der Waals surface area (Å²) in [6.45, 7) is 1.10. The van der Waals surface area contributed by atoms with Crippen molar-refractivity contribution < 1.29 is 9.13 Å². The molecule has 1 saturated carbocycles. The van der Waals surface area contributed by atoms with E-state index in [1.807, 2.05) is 0 Å². The van der Waals surface area contributed by atoms with Crippen molar-refractivity contribution in [3.05, 3.63) is 35.1 Å². The van der Waals surface area contributed by atoms with Crippen molar-refractivity contribution in [1.82, 2.24) is 0 Å². The first-order valence-corrected chi connectivity index (χ1v) is 6.37. The monoisotopic (exact) mass is 250 g/mol. The lowest BCUT2D eigenvalue weighted by Crippen LogP contribution is -2.14. The zero-order valence-corrected chi connectivity index (χ0v) is 10.4. The van der Waals surface area contributed by atoms with Gasteiger partial charge in [-0.2, -0.15) is 0 Å². The van der Waals surface area contributed by atoms with Gasteiger partial charge in [0.05, 0.1) is 6.61 Å². The Kier molecular flexibility index (Phi) is 4.31. The molecule has 2 rings (SSSR count). The number of halogens is 1. The molecule has 0 spiro atoms. The quantitative estimate of drug-likeness (QED) is 0.463. The van der Waals surface area contributed by atoms with E-state index in [-0.39, 0.29) is 11.7 Å². The summed E-state index contributed by atoms with van der Waals surface area (Å²) in [6.07, 6.45) is 5.07. The molecular formula is C14H19FN2O. The minimum Gasteiger partial charge on any atom is -0.384 e. The van der Waals surface area contributed by atoms with E-state index in [1.54, 1.807) is 6.07 Å². The zero-order chi connectivity index (χ0) is 13.0. The highest BCUT2D eigenvalue weighted by Crippen LogP contribution is 2.29. The molecule has 18 heavy (non-hydrogen) atoms. The van der Waals surface area contributed by atoms with E-state index in [1.165, 1.54) is 31.4 Å². The van der Waals surface area contributed by atoms with Crippen LogP contribution in [0, 0.1) is 17.1 Å². The van der Waals surface area contributed by atoms with E-state index >= 15 is 0 Å². The van der Waals surface area contributed by atoms with E-state index in [2.05, 4.69) is 0 Å². The summed E-state index contributed by atoms with van der Waals surface area (Å²) < 4.78 is 18.8. The third-order valence-electron chi connectivity index (χ3n) is 3.43. The second kappa shape index (κ2) is 5.96. The van der Waals surface area contributed by atoms with Gasteiger partial charge in [0.25, 0.3) is 0 Å². The van der Waals surface area contributed by atoms with Crippen LogP contribution in [0.2, 0.25) is 0 Å². The van der Waals surface area contributed by atoms with Gasteiger partial charge in [-0.25, -0.2) is 4.39 Å². The second-order valence-electron chi connectivity index (χ2n) is 4.90. The van der Waals surface area contributed by atoms with E-state index in [9.17, 15) is 4.39 Å². The Bertz CT molecular complexity index is 430. The normalized spacial score (nSPS) is 15.4. The number of nitrogen functional groups attached to an aromatic ring is 1. The van der Waals surface area contributed by atoms with Crippen molar-refractivity contribution in [2.24, 2.45) is 11.7 Å². The Morgan fingerprint density at radius 1 is 1.39 bits per heavy atom. The van der Waals surface area contributed by atoms with Crippen molar-refractivity contribution in [2.75, 3.05) is 6.61 Å². The first-order chi connectivity index (χ1) is 8.65. The Labute approximate surface area is 107 Å². The van der Waals surface area contributed by atoms with Gasteiger partial charge in [0.1, 0.15) is 11.7 Å². The summed E-state index contributed by atoms with van der Waals surface area (Å²) in [6, 6.07) is 4.39. The molecule has 3 N–H and O–H groups in total. The Balaban J connectivity index is 1.82. The van der Waals surface area contributed by atoms with Crippen LogP contribution in [-0.4, -0.2) is 12.4 Å². The molecule has 0 radical (unpaired) electrons. The van der Waals surface area contributed by atoms with E-state index in [4.69, 9.17) is 15.9 Å². The molecule has 0 unspecified atom stereocenters. The summed E-state index contributed by atoms with van der Waals surface area (Å²) >= 11 is 0. The average molecular weight is 250 g/mol. The van der Waals surface area contributed by atoms with Crippen molar-refractivity contribution in [3.8, 4) is 0 Å². The van der Waals surface area contributed by atoms with E-state index < -0.39 is 0 Å². The predicted molar refractivity (Wildman–Crippen MR) is 69.0 cm³/mol. The van der Waals surface area contributed by atoms with Crippen LogP contribution >= 0.6 is 0 Å². The summed E-state index contributed by atoms with van der Waals surface area (Å²) in [5.41, 5.74) is 6.49. The van der Waals surface area contributed by atoms with E-state index in [0.717, 1.165) is 24.5 Å². The van der Waals surface area contributed by atoms with Crippen molar-refractivity contribution in [2.45, 2.75) is 32.3 Å². The Morgan fingerprint density at radius 3 is 2.78 bits per heavy atom. The molecule has 1 aromatic carbocycles. The number of nitrogens with one attached hydrogen (secondary N) is 1. The van der Waals surface area contributed by atoms with Crippen LogP contribution in [0.15, 0.2) is 18.2 Å². The number of hydrogen-bond donors (Lipinski definition) is 2. The molecule has 3 nitrogen and oxygen atoms in total. The van der Waals surface area contributed by atoms with E-state index in [0.29, 0.717) is 12.2 Å². The summed E-state index contributed by atoms with van der Waals surface area (Å²) in [7, 11) is 0. The molecule has 0 saturated heterocycles.